The van der Waals surface area contributed by atoms with E-state index in [0.29, 0.717) is 0 Å². The minimum atomic E-state index is 0.166. The lowest BCUT2D eigenvalue weighted by molar-refractivity contribution is 0.282. The molecule has 3 rings (SSSR count). The smallest absolute Gasteiger partial charge is 0.103 e. The highest BCUT2D eigenvalue weighted by molar-refractivity contribution is 7.98. The second-order valence-electron chi connectivity index (χ2n) is 6.68. The third-order valence-corrected chi connectivity index (χ3v) is 6.30. The fourth-order valence-corrected chi connectivity index (χ4v) is 5.05. The Kier molecular flexibility index (Phi) is 4.12. The van der Waals surface area contributed by atoms with Crippen LogP contribution in [0, 0.1) is 12.3 Å². The Morgan fingerprint density at radius 2 is 2.24 bits per heavy atom. The molecule has 0 fully saturated rings. The minimum absolute atomic E-state index is 0.166. The summed E-state index contributed by atoms with van der Waals surface area (Å²) >= 11 is 3.67. The lowest BCUT2D eigenvalue weighted by Gasteiger charge is -2.32. The van der Waals surface area contributed by atoms with Crippen molar-refractivity contribution in [1.29, 1.82) is 0 Å². The van der Waals surface area contributed by atoms with Crippen LogP contribution in [0.15, 0.2) is 29.2 Å². The zero-order valence-electron chi connectivity index (χ0n) is 12.8. The van der Waals surface area contributed by atoms with Gasteiger partial charge in [-0.25, -0.2) is 4.98 Å². The molecule has 0 spiro atoms. The van der Waals surface area contributed by atoms with E-state index < -0.39 is 0 Å². The maximum Gasteiger partial charge on any atom is 0.103 e. The molecule has 4 heteroatoms. The lowest BCUT2D eigenvalue weighted by atomic mass is 9.77. The van der Waals surface area contributed by atoms with Gasteiger partial charge in [-0.3, -0.25) is 0 Å². The van der Waals surface area contributed by atoms with Crippen molar-refractivity contribution in [3.8, 4) is 0 Å². The van der Waals surface area contributed by atoms with Gasteiger partial charge in [0.05, 0.1) is 11.4 Å². The van der Waals surface area contributed by atoms with E-state index in [4.69, 9.17) is 10.7 Å². The Morgan fingerprint density at radius 3 is 3.00 bits per heavy atom. The number of nitrogens with zero attached hydrogens (tertiary/aromatic N) is 1. The van der Waals surface area contributed by atoms with Crippen LogP contribution in [0.5, 0.6) is 0 Å². The third kappa shape index (κ3) is 3.50. The van der Waals surface area contributed by atoms with Crippen molar-refractivity contribution in [2.24, 2.45) is 11.1 Å². The molecule has 2 nitrogen and oxygen atoms in total. The SMILES string of the molecule is Cc1cccc(SCc2nc3c(s2)C(N)CC(C)(C)C3)c1. The van der Waals surface area contributed by atoms with Crippen LogP contribution in [0.25, 0.3) is 0 Å². The fraction of sp³-hybridized carbons (Fsp3) is 0.471. The molecule has 2 N–H and O–H groups in total. The molecule has 1 aromatic heterocycles. The van der Waals surface area contributed by atoms with Gasteiger partial charge >= 0.3 is 0 Å². The maximum absolute atomic E-state index is 6.33. The predicted molar refractivity (Wildman–Crippen MR) is 91.9 cm³/mol. The Balaban J connectivity index is 1.73. The van der Waals surface area contributed by atoms with Crippen LogP contribution in [0.1, 0.15) is 47.5 Å². The quantitative estimate of drug-likeness (QED) is 0.833. The number of aryl methyl sites for hydroxylation is 1. The molecular weight excluding hydrogens is 296 g/mol. The van der Waals surface area contributed by atoms with Gasteiger partial charge in [-0.15, -0.1) is 23.1 Å². The molecule has 0 saturated carbocycles. The van der Waals surface area contributed by atoms with Gasteiger partial charge in [0, 0.05) is 15.8 Å². The van der Waals surface area contributed by atoms with Gasteiger partial charge in [-0.05, 0) is 37.3 Å². The van der Waals surface area contributed by atoms with Crippen LogP contribution in [0.2, 0.25) is 0 Å². The van der Waals surface area contributed by atoms with E-state index in [2.05, 4.69) is 45.0 Å². The summed E-state index contributed by atoms with van der Waals surface area (Å²) in [5.41, 5.74) is 9.15. The number of rotatable bonds is 3. The number of thiazole rings is 1. The van der Waals surface area contributed by atoms with Gasteiger partial charge in [0.15, 0.2) is 0 Å². The summed E-state index contributed by atoms with van der Waals surface area (Å²) in [5.74, 6) is 0.939. The van der Waals surface area contributed by atoms with Gasteiger partial charge < -0.3 is 5.73 Å². The van der Waals surface area contributed by atoms with Crippen molar-refractivity contribution < 1.29 is 0 Å². The zero-order valence-corrected chi connectivity index (χ0v) is 14.5. The molecular formula is C17H22N2S2. The zero-order chi connectivity index (χ0) is 15.0. The van der Waals surface area contributed by atoms with Crippen LogP contribution in [-0.4, -0.2) is 4.98 Å². The van der Waals surface area contributed by atoms with Crippen molar-refractivity contribution in [1.82, 2.24) is 4.98 Å². The summed E-state index contributed by atoms with van der Waals surface area (Å²) in [6, 6.07) is 8.81. The van der Waals surface area contributed by atoms with Gasteiger partial charge in [0.1, 0.15) is 5.01 Å². The molecule has 1 aromatic carbocycles. The first kappa shape index (κ1) is 15.1. The molecule has 2 aromatic rings. The van der Waals surface area contributed by atoms with Crippen LogP contribution in [-0.2, 0) is 12.2 Å². The van der Waals surface area contributed by atoms with E-state index in [0.717, 1.165) is 18.6 Å². The molecule has 21 heavy (non-hydrogen) atoms. The van der Waals surface area contributed by atoms with E-state index in [1.54, 1.807) is 0 Å². The topological polar surface area (TPSA) is 38.9 Å². The third-order valence-electron chi connectivity index (χ3n) is 3.88. The maximum atomic E-state index is 6.33. The highest BCUT2D eigenvalue weighted by Gasteiger charge is 2.33. The molecule has 0 aliphatic heterocycles. The Morgan fingerprint density at radius 1 is 1.43 bits per heavy atom. The largest absolute Gasteiger partial charge is 0.323 e. The van der Waals surface area contributed by atoms with Gasteiger partial charge in [-0.1, -0.05) is 31.5 Å². The molecule has 1 unspecified atom stereocenters. The molecule has 1 aliphatic carbocycles. The van der Waals surface area contributed by atoms with E-state index in [1.807, 2.05) is 23.1 Å². The van der Waals surface area contributed by atoms with Gasteiger partial charge in [0.2, 0.25) is 0 Å². The molecule has 0 bridgehead atoms. The normalized spacial score (nSPS) is 20.3. The first-order valence-corrected chi connectivity index (χ1v) is 9.17. The highest BCUT2D eigenvalue weighted by atomic mass is 32.2. The molecule has 0 radical (unpaired) electrons. The van der Waals surface area contributed by atoms with Crippen molar-refractivity contribution >= 4 is 23.1 Å². The number of aromatic nitrogens is 1. The molecule has 1 atom stereocenters. The first-order valence-electron chi connectivity index (χ1n) is 7.36. The molecule has 0 amide bonds. The molecule has 0 saturated heterocycles. The molecule has 1 heterocycles. The average Bonchev–Trinajstić information content (AvgIpc) is 2.78. The monoisotopic (exact) mass is 318 g/mol. The van der Waals surface area contributed by atoms with Gasteiger partial charge in [0.25, 0.3) is 0 Å². The second-order valence-corrected chi connectivity index (χ2v) is 8.84. The average molecular weight is 319 g/mol. The van der Waals surface area contributed by atoms with Crippen LogP contribution >= 0.6 is 23.1 Å². The first-order chi connectivity index (χ1) is 9.93. The van der Waals surface area contributed by atoms with Crippen molar-refractivity contribution in [2.45, 2.75) is 50.3 Å². The van der Waals surface area contributed by atoms with Gasteiger partial charge in [-0.2, -0.15) is 0 Å². The van der Waals surface area contributed by atoms with E-state index >= 15 is 0 Å². The van der Waals surface area contributed by atoms with Crippen molar-refractivity contribution in [3.63, 3.8) is 0 Å². The molecule has 1 aliphatic rings. The Labute approximate surface area is 135 Å². The minimum Gasteiger partial charge on any atom is -0.323 e. The van der Waals surface area contributed by atoms with Crippen LogP contribution < -0.4 is 5.73 Å². The summed E-state index contributed by atoms with van der Waals surface area (Å²) in [7, 11) is 0. The Bertz CT molecular complexity index is 646. The Hall–Kier alpha value is -0.840. The fourth-order valence-electron chi connectivity index (χ4n) is 2.96. The van der Waals surface area contributed by atoms with E-state index in [9.17, 15) is 0 Å². The molecule has 112 valence electrons. The number of nitrogens with two attached hydrogens (primary N) is 1. The van der Waals surface area contributed by atoms with E-state index in [1.165, 1.54) is 26.0 Å². The summed E-state index contributed by atoms with van der Waals surface area (Å²) in [5, 5.41) is 1.21. The van der Waals surface area contributed by atoms with Crippen LogP contribution in [0.3, 0.4) is 0 Å². The number of thioether (sulfide) groups is 1. The second kappa shape index (κ2) is 5.75. The number of hydrogen-bond donors (Lipinski definition) is 1. The number of fused-ring (bicyclic) bond motifs is 1. The summed E-state index contributed by atoms with van der Waals surface area (Å²) in [4.78, 5) is 7.48. The number of hydrogen-bond acceptors (Lipinski definition) is 4. The summed E-state index contributed by atoms with van der Waals surface area (Å²) in [6.45, 7) is 6.71. The number of benzene rings is 1. The summed E-state index contributed by atoms with van der Waals surface area (Å²) < 4.78 is 0. The summed E-state index contributed by atoms with van der Waals surface area (Å²) in [6.07, 6.45) is 2.12. The standard InChI is InChI=1S/C17H22N2S2/c1-11-5-4-6-12(7-11)20-10-15-19-14-9-17(2,3)8-13(18)16(14)21-15/h4-7,13H,8-10,18H2,1-3H3. The van der Waals surface area contributed by atoms with Crippen molar-refractivity contribution in [2.75, 3.05) is 0 Å². The predicted octanol–water partition coefficient (Wildman–Crippen LogP) is 4.72. The van der Waals surface area contributed by atoms with Crippen molar-refractivity contribution in [3.05, 3.63) is 45.4 Å². The lowest BCUT2D eigenvalue weighted by Crippen LogP contribution is -2.28. The van der Waals surface area contributed by atoms with E-state index in [-0.39, 0.29) is 11.5 Å². The van der Waals surface area contributed by atoms with Crippen LogP contribution in [0.4, 0.5) is 0 Å². The highest BCUT2D eigenvalue weighted by Crippen LogP contribution is 2.42.